The van der Waals surface area contributed by atoms with Crippen molar-refractivity contribution in [3.05, 3.63) is 18.4 Å². The van der Waals surface area contributed by atoms with Crippen LogP contribution in [0.25, 0.3) is 11.5 Å². The summed E-state index contributed by atoms with van der Waals surface area (Å²) in [5.74, 6) is 0. The fraction of sp³-hybridized carbons (Fsp3) is 0.875. The SMILES string of the molecule is O.[CH2-]C.[Ir+3].[NH-]C1CCCC[C@@H]1[NH-]. The fourth-order valence-electron chi connectivity index (χ4n) is 1.13. The number of hydrogen-bond donors (Lipinski definition) is 0. The number of hydrogen-bond acceptors (Lipinski definition) is 0. The van der Waals surface area contributed by atoms with Gasteiger partial charge in [0.25, 0.3) is 0 Å². The molecule has 0 amide bonds. The first-order valence-electron chi connectivity index (χ1n) is 3.93. The van der Waals surface area contributed by atoms with Gasteiger partial charge in [-0.05, 0) is 0 Å². The van der Waals surface area contributed by atoms with Gasteiger partial charge in [0.05, 0.1) is 0 Å². The van der Waals surface area contributed by atoms with E-state index in [1.165, 1.54) is 12.8 Å². The third-order valence-corrected chi connectivity index (χ3v) is 1.77. The average molecular weight is 351 g/mol. The molecule has 3 nitrogen and oxygen atoms in total. The third-order valence-electron chi connectivity index (χ3n) is 1.77. The Morgan fingerprint density at radius 1 is 1.00 bits per heavy atom. The molecule has 4 N–H and O–H groups in total. The predicted molar refractivity (Wildman–Crippen MR) is 49.3 cm³/mol. The van der Waals surface area contributed by atoms with Crippen LogP contribution >= 0.6 is 0 Å². The molecule has 1 unspecified atom stereocenters. The Morgan fingerprint density at radius 2 is 1.25 bits per heavy atom. The van der Waals surface area contributed by atoms with Crippen LogP contribution < -0.4 is 0 Å². The van der Waals surface area contributed by atoms with Crippen molar-refractivity contribution in [2.45, 2.75) is 44.7 Å². The second-order valence-electron chi connectivity index (χ2n) is 2.50. The monoisotopic (exact) mass is 352 g/mol. The summed E-state index contributed by atoms with van der Waals surface area (Å²) < 4.78 is 0. The summed E-state index contributed by atoms with van der Waals surface area (Å²) in [6.45, 7) is 5.00. The molecule has 12 heavy (non-hydrogen) atoms. The minimum atomic E-state index is -0.0799. The van der Waals surface area contributed by atoms with E-state index in [4.69, 9.17) is 11.5 Å². The van der Waals surface area contributed by atoms with Gasteiger partial charge in [0, 0.05) is 0 Å². The van der Waals surface area contributed by atoms with Gasteiger partial charge in [0.2, 0.25) is 0 Å². The Balaban J connectivity index is -0.000000189. The van der Waals surface area contributed by atoms with E-state index in [-0.39, 0.29) is 37.7 Å². The summed E-state index contributed by atoms with van der Waals surface area (Å²) in [5.41, 5.74) is 14.6. The molecule has 0 aromatic heterocycles. The van der Waals surface area contributed by atoms with E-state index in [2.05, 4.69) is 6.92 Å². The van der Waals surface area contributed by atoms with Crippen LogP contribution in [0.4, 0.5) is 0 Å². The topological polar surface area (TPSA) is 79.1 Å². The van der Waals surface area contributed by atoms with Gasteiger partial charge >= 0.3 is 20.1 Å². The fourth-order valence-corrected chi connectivity index (χ4v) is 1.13. The molecule has 0 aromatic rings. The van der Waals surface area contributed by atoms with Crippen molar-refractivity contribution in [3.63, 3.8) is 0 Å². The summed E-state index contributed by atoms with van der Waals surface area (Å²) in [6.07, 6.45) is 4.25. The standard InChI is InChI=1S/C6H12N2.C2H5.Ir.H2O/c7-5-3-1-2-4-6(5)8;1-2;;/h5-8H,1-4H2;1H2,2H3;;1H2/q-2;-1;+3;/t5-,6?;;;/m0.../s1. The predicted octanol–water partition coefficient (Wildman–Crippen LogP) is 2.42. The third kappa shape index (κ3) is 7.19. The van der Waals surface area contributed by atoms with E-state index in [0.717, 1.165) is 12.8 Å². The first-order valence-corrected chi connectivity index (χ1v) is 3.93. The summed E-state index contributed by atoms with van der Waals surface area (Å²) in [7, 11) is 0. The zero-order valence-corrected chi connectivity index (χ0v) is 9.92. The largest absolute Gasteiger partial charge is 3.00 e. The Bertz CT molecular complexity index is 73.5. The molecule has 1 fully saturated rings. The zero-order valence-electron chi connectivity index (χ0n) is 7.52. The van der Waals surface area contributed by atoms with Crippen LogP contribution in [-0.2, 0) is 20.1 Å². The van der Waals surface area contributed by atoms with Gasteiger partial charge in [-0.25, -0.2) is 0 Å². The van der Waals surface area contributed by atoms with Gasteiger partial charge in [0.15, 0.2) is 0 Å². The molecule has 2 atom stereocenters. The molecule has 1 rings (SSSR count). The second-order valence-corrected chi connectivity index (χ2v) is 2.50. The summed E-state index contributed by atoms with van der Waals surface area (Å²) in [6, 6.07) is -0.160. The van der Waals surface area contributed by atoms with Crippen molar-refractivity contribution in [1.29, 1.82) is 0 Å². The van der Waals surface area contributed by atoms with E-state index >= 15 is 0 Å². The first kappa shape index (κ1) is 18.3. The molecular weight excluding hydrogens is 332 g/mol. The molecule has 1 aliphatic carbocycles. The van der Waals surface area contributed by atoms with E-state index in [0.29, 0.717) is 0 Å². The van der Waals surface area contributed by atoms with Gasteiger partial charge in [-0.3, -0.25) is 0 Å². The Morgan fingerprint density at radius 3 is 1.42 bits per heavy atom. The van der Waals surface area contributed by atoms with Crippen LogP contribution in [0.2, 0.25) is 0 Å². The van der Waals surface area contributed by atoms with Crippen LogP contribution in [0.1, 0.15) is 32.6 Å². The van der Waals surface area contributed by atoms with E-state index in [9.17, 15) is 0 Å². The van der Waals surface area contributed by atoms with Gasteiger partial charge in [-0.1, -0.05) is 25.7 Å². The molecule has 0 aromatic carbocycles. The summed E-state index contributed by atoms with van der Waals surface area (Å²) in [4.78, 5) is 0. The maximum Gasteiger partial charge on any atom is 3.00 e. The van der Waals surface area contributed by atoms with Crippen molar-refractivity contribution in [1.82, 2.24) is 0 Å². The van der Waals surface area contributed by atoms with Crippen LogP contribution in [0.15, 0.2) is 0 Å². The molecular formula is C8H19IrN2O. The Labute approximate surface area is 88.9 Å². The second kappa shape index (κ2) is 11.5. The maximum absolute atomic E-state index is 7.29. The average Bonchev–Trinajstić information content (AvgIpc) is 2.00. The van der Waals surface area contributed by atoms with Gasteiger partial charge in [0.1, 0.15) is 0 Å². The van der Waals surface area contributed by atoms with Gasteiger partial charge in [-0.15, -0.1) is 0 Å². The van der Waals surface area contributed by atoms with Gasteiger partial charge < -0.3 is 23.9 Å². The number of nitrogens with one attached hydrogen (secondary N) is 2. The molecule has 76 valence electrons. The van der Waals surface area contributed by atoms with Crippen molar-refractivity contribution in [2.75, 3.05) is 0 Å². The van der Waals surface area contributed by atoms with Crippen LogP contribution in [0, 0.1) is 6.92 Å². The summed E-state index contributed by atoms with van der Waals surface area (Å²) >= 11 is 0. The minimum Gasteiger partial charge on any atom is -0.676 e. The first-order chi connectivity index (χ1) is 4.80. The van der Waals surface area contributed by atoms with Crippen LogP contribution in [0.3, 0.4) is 0 Å². The van der Waals surface area contributed by atoms with E-state index in [1.54, 1.807) is 6.92 Å². The molecule has 0 radical (unpaired) electrons. The molecule has 0 aliphatic heterocycles. The molecule has 0 bridgehead atoms. The normalized spacial score (nSPS) is 27.0. The smallest absolute Gasteiger partial charge is 0.676 e. The van der Waals surface area contributed by atoms with Gasteiger partial charge in [-0.2, -0.15) is 19.0 Å². The van der Waals surface area contributed by atoms with Crippen molar-refractivity contribution >= 4 is 0 Å². The van der Waals surface area contributed by atoms with Crippen LogP contribution in [-0.4, -0.2) is 17.6 Å². The van der Waals surface area contributed by atoms with Crippen LogP contribution in [0.5, 0.6) is 0 Å². The minimum absolute atomic E-state index is 0. The van der Waals surface area contributed by atoms with Crippen molar-refractivity contribution in [2.24, 2.45) is 0 Å². The van der Waals surface area contributed by atoms with E-state index < -0.39 is 0 Å². The quantitative estimate of drug-likeness (QED) is 0.601. The molecule has 4 heteroatoms. The number of rotatable bonds is 0. The Hall–Kier alpha value is 0.529. The van der Waals surface area contributed by atoms with E-state index in [1.807, 2.05) is 0 Å². The maximum atomic E-state index is 7.29. The molecule has 1 aliphatic rings. The summed E-state index contributed by atoms with van der Waals surface area (Å²) in [5, 5.41) is 0. The molecule has 0 spiro atoms. The molecule has 0 heterocycles. The van der Waals surface area contributed by atoms with Crippen molar-refractivity contribution in [3.8, 4) is 0 Å². The molecule has 0 saturated heterocycles. The Kier molecular flexibility index (Phi) is 17.6. The van der Waals surface area contributed by atoms with Crippen molar-refractivity contribution < 1.29 is 25.6 Å². The molecule has 1 saturated carbocycles. The zero-order chi connectivity index (χ0) is 7.98.